The number of pyridine rings is 1. The number of rotatable bonds is 2. The molecule has 0 fully saturated rings. The molecule has 0 amide bonds. The van der Waals surface area contributed by atoms with Crippen LogP contribution in [0.4, 0.5) is 0 Å². The van der Waals surface area contributed by atoms with Crippen molar-refractivity contribution in [2.24, 2.45) is 0 Å². The van der Waals surface area contributed by atoms with Crippen LogP contribution < -0.4 is 5.56 Å². The molecule has 0 atom stereocenters. The van der Waals surface area contributed by atoms with Crippen molar-refractivity contribution in [3.63, 3.8) is 0 Å². The van der Waals surface area contributed by atoms with E-state index in [4.69, 9.17) is 0 Å². The van der Waals surface area contributed by atoms with E-state index >= 15 is 0 Å². The van der Waals surface area contributed by atoms with Gasteiger partial charge in [0.2, 0.25) is 0 Å². The second kappa shape index (κ2) is 4.37. The zero-order chi connectivity index (χ0) is 12.4. The normalized spacial score (nSPS) is 10.2. The third-order valence-electron chi connectivity index (χ3n) is 2.77. The average molecular weight is 227 g/mol. The van der Waals surface area contributed by atoms with E-state index in [1.54, 1.807) is 11.5 Å². The van der Waals surface area contributed by atoms with E-state index in [2.05, 4.69) is 0 Å². The Morgan fingerprint density at radius 1 is 1.12 bits per heavy atom. The Balaban J connectivity index is 2.80. The summed E-state index contributed by atoms with van der Waals surface area (Å²) >= 11 is 0. The highest BCUT2D eigenvalue weighted by atomic mass is 16.1. The van der Waals surface area contributed by atoms with E-state index in [1.165, 1.54) is 0 Å². The quantitative estimate of drug-likeness (QED) is 0.738. The van der Waals surface area contributed by atoms with Crippen LogP contribution in [0.3, 0.4) is 0 Å². The molecule has 86 valence electrons. The highest BCUT2D eigenvalue weighted by molar-refractivity contribution is 5.76. The first-order valence-corrected chi connectivity index (χ1v) is 5.39. The van der Waals surface area contributed by atoms with Crippen LogP contribution in [0, 0.1) is 13.8 Å². The molecule has 2 rings (SSSR count). The van der Waals surface area contributed by atoms with E-state index in [0.717, 1.165) is 16.9 Å². The van der Waals surface area contributed by atoms with Crippen molar-refractivity contribution in [2.75, 3.05) is 0 Å². The smallest absolute Gasteiger partial charge is 0.266 e. The predicted octanol–water partition coefficient (Wildman–Crippen LogP) is 2.27. The summed E-state index contributed by atoms with van der Waals surface area (Å²) in [7, 11) is 0. The van der Waals surface area contributed by atoms with Gasteiger partial charge in [-0.05, 0) is 37.6 Å². The van der Waals surface area contributed by atoms with Crippen LogP contribution in [-0.4, -0.2) is 10.9 Å². The van der Waals surface area contributed by atoms with Crippen molar-refractivity contribution < 1.29 is 4.79 Å². The SMILES string of the molecule is Cc1cc(C)n(-c2ccccc2)c(=O)c1C=O. The Kier molecular flexibility index (Phi) is 2.91. The molecule has 0 unspecified atom stereocenters. The first kappa shape index (κ1) is 11.3. The van der Waals surface area contributed by atoms with E-state index in [-0.39, 0.29) is 11.1 Å². The van der Waals surface area contributed by atoms with Crippen LogP contribution in [0.5, 0.6) is 0 Å². The van der Waals surface area contributed by atoms with Crippen molar-refractivity contribution in [3.05, 3.63) is 63.6 Å². The molecule has 0 bridgehead atoms. The number of para-hydroxylation sites is 1. The molecule has 0 saturated heterocycles. The number of carbonyl (C=O) groups is 1. The summed E-state index contributed by atoms with van der Waals surface area (Å²) in [6.07, 6.45) is 0.622. The minimum Gasteiger partial charge on any atom is -0.298 e. The first-order valence-electron chi connectivity index (χ1n) is 5.39. The summed E-state index contributed by atoms with van der Waals surface area (Å²) in [6, 6.07) is 11.1. The Hall–Kier alpha value is -2.16. The molecule has 0 aliphatic rings. The second-order valence-corrected chi connectivity index (χ2v) is 3.98. The maximum absolute atomic E-state index is 12.2. The highest BCUT2D eigenvalue weighted by Gasteiger charge is 2.10. The van der Waals surface area contributed by atoms with Crippen LogP contribution in [-0.2, 0) is 0 Å². The molecule has 0 N–H and O–H groups in total. The van der Waals surface area contributed by atoms with Crippen LogP contribution in [0.15, 0.2) is 41.2 Å². The van der Waals surface area contributed by atoms with Gasteiger partial charge in [-0.1, -0.05) is 18.2 Å². The fourth-order valence-electron chi connectivity index (χ4n) is 1.95. The number of aldehydes is 1. The molecule has 3 heteroatoms. The number of hydrogen-bond donors (Lipinski definition) is 0. The van der Waals surface area contributed by atoms with Gasteiger partial charge in [-0.15, -0.1) is 0 Å². The zero-order valence-electron chi connectivity index (χ0n) is 9.81. The lowest BCUT2D eigenvalue weighted by Gasteiger charge is -2.12. The number of aromatic nitrogens is 1. The Morgan fingerprint density at radius 2 is 1.76 bits per heavy atom. The minimum atomic E-state index is -0.260. The number of carbonyl (C=O) groups excluding carboxylic acids is 1. The topological polar surface area (TPSA) is 39.1 Å². The van der Waals surface area contributed by atoms with Crippen molar-refractivity contribution in [3.8, 4) is 5.69 Å². The van der Waals surface area contributed by atoms with E-state index in [1.807, 2.05) is 43.3 Å². The number of nitrogens with zero attached hydrogens (tertiary/aromatic N) is 1. The molecule has 0 saturated carbocycles. The third kappa shape index (κ3) is 1.91. The number of hydrogen-bond acceptors (Lipinski definition) is 2. The van der Waals surface area contributed by atoms with Gasteiger partial charge in [0.1, 0.15) is 0 Å². The molecular formula is C14H13NO2. The molecule has 1 aromatic heterocycles. The van der Waals surface area contributed by atoms with Crippen molar-refractivity contribution >= 4 is 6.29 Å². The molecule has 17 heavy (non-hydrogen) atoms. The van der Waals surface area contributed by atoms with Gasteiger partial charge in [0.25, 0.3) is 5.56 Å². The summed E-state index contributed by atoms with van der Waals surface area (Å²) in [5.41, 5.74) is 2.28. The second-order valence-electron chi connectivity index (χ2n) is 3.98. The fourth-order valence-corrected chi connectivity index (χ4v) is 1.95. The lowest BCUT2D eigenvalue weighted by Crippen LogP contribution is -2.25. The van der Waals surface area contributed by atoms with Crippen molar-refractivity contribution in [1.82, 2.24) is 4.57 Å². The Bertz CT molecular complexity index is 612. The van der Waals surface area contributed by atoms with E-state index in [9.17, 15) is 9.59 Å². The summed E-state index contributed by atoms with van der Waals surface area (Å²) < 4.78 is 1.55. The van der Waals surface area contributed by atoms with Gasteiger partial charge in [-0.2, -0.15) is 0 Å². The maximum atomic E-state index is 12.2. The molecule has 3 nitrogen and oxygen atoms in total. The molecule has 0 radical (unpaired) electrons. The molecule has 0 aliphatic carbocycles. The van der Waals surface area contributed by atoms with Crippen LogP contribution in [0.25, 0.3) is 5.69 Å². The van der Waals surface area contributed by atoms with Gasteiger partial charge < -0.3 is 0 Å². The highest BCUT2D eigenvalue weighted by Crippen LogP contribution is 2.10. The van der Waals surface area contributed by atoms with Gasteiger partial charge in [-0.25, -0.2) is 0 Å². The first-order chi connectivity index (χ1) is 8.15. The molecule has 1 aromatic carbocycles. The van der Waals surface area contributed by atoms with Crippen LogP contribution in [0.1, 0.15) is 21.6 Å². The lowest BCUT2D eigenvalue weighted by molar-refractivity contribution is 0.112. The predicted molar refractivity (Wildman–Crippen MR) is 66.9 cm³/mol. The van der Waals surface area contributed by atoms with Gasteiger partial charge in [0, 0.05) is 11.4 Å². The number of benzene rings is 1. The fraction of sp³-hybridized carbons (Fsp3) is 0.143. The zero-order valence-corrected chi connectivity index (χ0v) is 9.81. The molecule has 1 heterocycles. The van der Waals surface area contributed by atoms with Crippen LogP contribution in [0.2, 0.25) is 0 Å². The molecular weight excluding hydrogens is 214 g/mol. The lowest BCUT2D eigenvalue weighted by atomic mass is 10.1. The van der Waals surface area contributed by atoms with E-state index in [0.29, 0.717) is 6.29 Å². The summed E-state index contributed by atoms with van der Waals surface area (Å²) in [6.45, 7) is 3.63. The molecule has 0 spiro atoms. The monoisotopic (exact) mass is 227 g/mol. The largest absolute Gasteiger partial charge is 0.298 e. The summed E-state index contributed by atoms with van der Waals surface area (Å²) in [4.78, 5) is 23.1. The molecule has 0 aliphatic heterocycles. The van der Waals surface area contributed by atoms with Gasteiger partial charge in [-0.3, -0.25) is 14.2 Å². The average Bonchev–Trinajstić information content (AvgIpc) is 2.30. The Morgan fingerprint density at radius 3 is 2.35 bits per heavy atom. The molecule has 2 aromatic rings. The van der Waals surface area contributed by atoms with Crippen molar-refractivity contribution in [1.29, 1.82) is 0 Å². The van der Waals surface area contributed by atoms with Crippen molar-refractivity contribution in [2.45, 2.75) is 13.8 Å². The Labute approximate surface area is 99.3 Å². The third-order valence-corrected chi connectivity index (χ3v) is 2.77. The van der Waals surface area contributed by atoms with E-state index < -0.39 is 0 Å². The minimum absolute atomic E-state index is 0.222. The van der Waals surface area contributed by atoms with Gasteiger partial charge in [0.15, 0.2) is 6.29 Å². The summed E-state index contributed by atoms with van der Waals surface area (Å²) in [5, 5.41) is 0. The maximum Gasteiger partial charge on any atom is 0.266 e. The van der Waals surface area contributed by atoms with Gasteiger partial charge >= 0.3 is 0 Å². The standard InChI is InChI=1S/C14H13NO2/c1-10-8-11(2)15(14(17)13(10)9-16)12-6-4-3-5-7-12/h3-9H,1-2H3. The summed E-state index contributed by atoms with van der Waals surface area (Å²) in [5.74, 6) is 0. The number of aryl methyl sites for hydroxylation is 2. The van der Waals surface area contributed by atoms with Crippen LogP contribution >= 0.6 is 0 Å². The van der Waals surface area contributed by atoms with Gasteiger partial charge in [0.05, 0.1) is 5.56 Å².